The van der Waals surface area contributed by atoms with E-state index in [1.807, 2.05) is 48.5 Å². The lowest BCUT2D eigenvalue weighted by molar-refractivity contribution is -0.138. The number of aromatic nitrogens is 2. The third-order valence-electron chi connectivity index (χ3n) is 8.64. The highest BCUT2D eigenvalue weighted by atomic mass is 35.5. The summed E-state index contributed by atoms with van der Waals surface area (Å²) < 4.78 is 65.2. The summed E-state index contributed by atoms with van der Waals surface area (Å²) in [5, 5.41) is 0.640. The first-order chi connectivity index (χ1) is 21.1. The number of nitrogens with zero attached hydrogens (tertiary/aromatic N) is 3. The molecule has 0 saturated carbocycles. The lowest BCUT2D eigenvalue weighted by atomic mass is 9.85. The Labute approximate surface area is 256 Å². The van der Waals surface area contributed by atoms with Crippen LogP contribution in [0.5, 0.6) is 0 Å². The summed E-state index contributed by atoms with van der Waals surface area (Å²) in [7, 11) is 0. The van der Waals surface area contributed by atoms with Crippen LogP contribution in [-0.4, -0.2) is 27.1 Å². The maximum Gasteiger partial charge on any atom is 0.416 e. The Morgan fingerprint density at radius 1 is 0.864 bits per heavy atom. The van der Waals surface area contributed by atoms with E-state index in [9.17, 15) is 27.2 Å². The highest BCUT2D eigenvalue weighted by Crippen LogP contribution is 2.43. The van der Waals surface area contributed by atoms with Crippen LogP contribution in [0.1, 0.15) is 46.4 Å². The molecule has 0 amide bonds. The molecule has 1 aromatic heterocycles. The monoisotopic (exact) mass is 627 g/mol. The van der Waals surface area contributed by atoms with Gasteiger partial charge in [-0.25, -0.2) is 9.18 Å². The number of aryl methyl sites for hydroxylation is 1. The molecule has 2 aliphatic heterocycles. The molecule has 0 radical (unpaired) electrons. The molecular formula is C33H30ClF4N3O3. The van der Waals surface area contributed by atoms with E-state index in [1.54, 1.807) is 6.07 Å². The third-order valence-corrected chi connectivity index (χ3v) is 8.88. The Morgan fingerprint density at radius 2 is 1.57 bits per heavy atom. The van der Waals surface area contributed by atoms with E-state index >= 15 is 0 Å². The van der Waals surface area contributed by atoms with Crippen molar-refractivity contribution < 1.29 is 22.3 Å². The van der Waals surface area contributed by atoms with Crippen LogP contribution in [0.25, 0.3) is 0 Å². The predicted molar refractivity (Wildman–Crippen MR) is 158 cm³/mol. The number of hydrogen-bond donors (Lipinski definition) is 0. The first kappa shape index (κ1) is 30.3. The molecule has 3 aromatic carbocycles. The van der Waals surface area contributed by atoms with E-state index in [4.69, 9.17) is 16.3 Å². The third kappa shape index (κ3) is 5.86. The number of piperidine rings is 1. The minimum absolute atomic E-state index is 0.00926. The van der Waals surface area contributed by atoms with Crippen LogP contribution in [-0.2, 0) is 49.2 Å². The molecule has 44 heavy (non-hydrogen) atoms. The maximum atomic E-state index is 15.0. The molecule has 0 bridgehead atoms. The Morgan fingerprint density at radius 3 is 2.27 bits per heavy atom. The van der Waals surface area contributed by atoms with Gasteiger partial charge in [0, 0.05) is 36.8 Å². The molecule has 1 saturated heterocycles. The quantitative estimate of drug-likeness (QED) is 0.231. The molecular weight excluding hydrogens is 598 g/mol. The normalized spacial score (nSPS) is 16.4. The molecule has 0 unspecified atom stereocenters. The van der Waals surface area contributed by atoms with Gasteiger partial charge in [0.1, 0.15) is 11.4 Å². The minimum atomic E-state index is -4.83. The van der Waals surface area contributed by atoms with Gasteiger partial charge in [0.05, 0.1) is 30.0 Å². The highest BCUT2D eigenvalue weighted by molar-refractivity contribution is 6.30. The van der Waals surface area contributed by atoms with Crippen molar-refractivity contribution in [1.82, 2.24) is 14.0 Å². The van der Waals surface area contributed by atoms with Crippen LogP contribution in [0, 0.1) is 5.82 Å². The first-order valence-corrected chi connectivity index (χ1v) is 14.8. The van der Waals surface area contributed by atoms with Gasteiger partial charge in [-0.1, -0.05) is 60.1 Å². The first-order valence-electron chi connectivity index (χ1n) is 14.4. The zero-order chi connectivity index (χ0) is 31.1. The molecule has 6 nitrogen and oxygen atoms in total. The van der Waals surface area contributed by atoms with Crippen LogP contribution >= 0.6 is 11.6 Å². The molecule has 0 aliphatic carbocycles. The fourth-order valence-corrected chi connectivity index (χ4v) is 6.59. The molecule has 11 heteroatoms. The molecule has 4 aromatic rings. The molecule has 0 N–H and O–H groups in total. The van der Waals surface area contributed by atoms with Crippen molar-refractivity contribution in [1.29, 1.82) is 0 Å². The van der Waals surface area contributed by atoms with Gasteiger partial charge in [0.2, 0.25) is 0 Å². The number of hydrogen-bond acceptors (Lipinski definition) is 4. The van der Waals surface area contributed by atoms with Crippen LogP contribution in [0.15, 0.2) is 82.4 Å². The second-order valence-electron chi connectivity index (χ2n) is 11.3. The fraction of sp³-hybridized carbons (Fsp3) is 0.333. The van der Waals surface area contributed by atoms with Crippen LogP contribution in [0.4, 0.5) is 17.6 Å². The van der Waals surface area contributed by atoms with Gasteiger partial charge in [-0.15, -0.1) is 0 Å². The second-order valence-corrected chi connectivity index (χ2v) is 11.8. The Hall–Kier alpha value is -3.73. The average Bonchev–Trinajstić information content (AvgIpc) is 3.36. The SMILES string of the molecule is O=c1c2c(n(Cc3c(F)cccc3C(F)(F)F)c(=O)n1CCc1ccccc1)COC21CCN(Cc2cccc(Cl)c2)CC1. The minimum Gasteiger partial charge on any atom is -0.364 e. The molecule has 1 fully saturated rings. The average molecular weight is 628 g/mol. The predicted octanol–water partition coefficient (Wildman–Crippen LogP) is 6.13. The van der Waals surface area contributed by atoms with Gasteiger partial charge in [-0.3, -0.25) is 18.8 Å². The van der Waals surface area contributed by atoms with Gasteiger partial charge in [0.15, 0.2) is 0 Å². The summed E-state index contributed by atoms with van der Waals surface area (Å²) in [6, 6.07) is 19.6. The Kier molecular flexibility index (Phi) is 8.26. The smallest absolute Gasteiger partial charge is 0.364 e. The molecule has 6 rings (SSSR count). The van der Waals surface area contributed by atoms with Gasteiger partial charge in [-0.05, 0) is 54.7 Å². The van der Waals surface area contributed by atoms with Crippen molar-refractivity contribution in [3.8, 4) is 0 Å². The van der Waals surface area contributed by atoms with Gasteiger partial charge in [-0.2, -0.15) is 13.2 Å². The van der Waals surface area contributed by atoms with E-state index in [1.165, 1.54) is 0 Å². The van der Waals surface area contributed by atoms with Gasteiger partial charge < -0.3 is 4.74 Å². The number of likely N-dealkylation sites (tertiary alicyclic amines) is 1. The van der Waals surface area contributed by atoms with Gasteiger partial charge >= 0.3 is 11.9 Å². The number of fused-ring (bicyclic) bond motifs is 2. The zero-order valence-corrected chi connectivity index (χ0v) is 24.5. The number of halogens is 5. The van der Waals surface area contributed by atoms with Crippen molar-refractivity contribution >= 4 is 11.6 Å². The van der Waals surface area contributed by atoms with Crippen LogP contribution in [0.3, 0.4) is 0 Å². The summed E-state index contributed by atoms with van der Waals surface area (Å²) in [4.78, 5) is 30.1. The van der Waals surface area contributed by atoms with Crippen LogP contribution in [0.2, 0.25) is 5.02 Å². The fourth-order valence-electron chi connectivity index (χ4n) is 6.38. The van der Waals surface area contributed by atoms with Crippen molar-refractivity contribution in [2.45, 2.75) is 57.3 Å². The number of alkyl halides is 3. The summed E-state index contributed by atoms with van der Waals surface area (Å²) in [6.45, 7) is 1.01. The summed E-state index contributed by atoms with van der Waals surface area (Å²) in [5.74, 6) is -1.08. The Balaban J connectivity index is 1.40. The topological polar surface area (TPSA) is 56.5 Å². The largest absolute Gasteiger partial charge is 0.416 e. The Bertz CT molecular complexity index is 1800. The van der Waals surface area contributed by atoms with Crippen molar-refractivity contribution in [3.05, 3.63) is 138 Å². The number of benzene rings is 3. The van der Waals surface area contributed by atoms with Crippen molar-refractivity contribution in [3.63, 3.8) is 0 Å². The molecule has 230 valence electrons. The summed E-state index contributed by atoms with van der Waals surface area (Å²) in [5.41, 5.74) is -1.72. The lowest BCUT2D eigenvalue weighted by Crippen LogP contribution is -2.49. The van der Waals surface area contributed by atoms with E-state index in [0.29, 0.717) is 43.9 Å². The second kappa shape index (κ2) is 12.0. The molecule has 3 heterocycles. The zero-order valence-electron chi connectivity index (χ0n) is 23.7. The van der Waals surface area contributed by atoms with Crippen molar-refractivity contribution in [2.24, 2.45) is 0 Å². The molecule has 0 atom stereocenters. The van der Waals surface area contributed by atoms with E-state index in [0.717, 1.165) is 38.5 Å². The van der Waals surface area contributed by atoms with E-state index in [-0.39, 0.29) is 24.4 Å². The highest BCUT2D eigenvalue weighted by Gasteiger charge is 2.47. The lowest BCUT2D eigenvalue weighted by Gasteiger charge is -2.39. The summed E-state index contributed by atoms with van der Waals surface area (Å²) >= 11 is 6.15. The maximum absolute atomic E-state index is 15.0. The van der Waals surface area contributed by atoms with E-state index < -0.39 is 46.5 Å². The van der Waals surface area contributed by atoms with Crippen molar-refractivity contribution in [2.75, 3.05) is 13.1 Å². The van der Waals surface area contributed by atoms with E-state index in [2.05, 4.69) is 4.90 Å². The molecule has 1 spiro atoms. The number of rotatable bonds is 7. The van der Waals surface area contributed by atoms with Crippen LogP contribution < -0.4 is 11.2 Å². The number of ether oxygens (including phenoxy) is 1. The molecule has 2 aliphatic rings. The standard InChI is InChI=1S/C33H30ClF4N3O3/c34-24-9-4-8-23(18-24)19-39-16-13-32(14-17-39)29-28(21-44-32)41(20-25-26(33(36,37)38)10-5-11-27(25)35)31(43)40(30(29)42)15-12-22-6-2-1-3-7-22/h1-11,18H,12-17,19-21H2. The van der Waals surface area contributed by atoms with Gasteiger partial charge in [0.25, 0.3) is 5.56 Å². The summed E-state index contributed by atoms with van der Waals surface area (Å²) in [6.07, 6.45) is -3.59.